The van der Waals surface area contributed by atoms with Gasteiger partial charge in [-0.25, -0.2) is 14.8 Å². The Balaban J connectivity index is 0.000000302. The van der Waals surface area contributed by atoms with Crippen LogP contribution in [0.25, 0.3) is 0 Å². The molecule has 13 nitrogen and oxygen atoms in total. The minimum absolute atomic E-state index is 0.363. The third kappa shape index (κ3) is 8.19. The number of carboxylic acid groups (broad SMARTS) is 3. The van der Waals surface area contributed by atoms with Crippen LogP contribution in [-0.4, -0.2) is 96.8 Å². The van der Waals surface area contributed by atoms with Gasteiger partial charge in [0.2, 0.25) is 0 Å². The van der Waals surface area contributed by atoms with Crippen LogP contribution in [0.1, 0.15) is 55.5 Å². The highest BCUT2D eigenvalue weighted by molar-refractivity contribution is 5.88. The van der Waals surface area contributed by atoms with Crippen molar-refractivity contribution in [2.45, 2.75) is 74.8 Å². The second-order valence-corrected chi connectivity index (χ2v) is 10.4. The van der Waals surface area contributed by atoms with Crippen molar-refractivity contribution in [3.05, 3.63) is 53.6 Å². The summed E-state index contributed by atoms with van der Waals surface area (Å²) in [7, 11) is 3.36. The number of carboxylic acids is 3. The lowest BCUT2D eigenvalue weighted by atomic mass is 9.80. The van der Waals surface area contributed by atoms with E-state index in [0.717, 1.165) is 61.3 Å². The van der Waals surface area contributed by atoms with Crippen LogP contribution in [0.3, 0.4) is 0 Å². The first-order valence-electron chi connectivity index (χ1n) is 13.2. The first-order valence-corrected chi connectivity index (χ1v) is 13.2. The Hall–Kier alpha value is -3.65. The summed E-state index contributed by atoms with van der Waals surface area (Å²) in [6.07, 6.45) is 6.01. The molecule has 2 saturated heterocycles. The number of para-hydroxylation sites is 1. The van der Waals surface area contributed by atoms with Gasteiger partial charge in [0, 0.05) is 55.7 Å². The van der Waals surface area contributed by atoms with E-state index in [0.29, 0.717) is 18.7 Å². The molecule has 0 spiro atoms. The van der Waals surface area contributed by atoms with Gasteiger partial charge in [0.15, 0.2) is 5.60 Å². The number of piperidine rings is 1. The molecule has 41 heavy (non-hydrogen) atoms. The molecule has 0 radical (unpaired) electrons. The zero-order valence-corrected chi connectivity index (χ0v) is 23.1. The summed E-state index contributed by atoms with van der Waals surface area (Å²) in [6, 6.07) is 8.59. The summed E-state index contributed by atoms with van der Waals surface area (Å²) in [5, 5.41) is 45.3. The van der Waals surface area contributed by atoms with Crippen LogP contribution >= 0.6 is 0 Å². The largest absolute Gasteiger partial charge is 0.496 e. The van der Waals surface area contributed by atoms with E-state index in [4.69, 9.17) is 29.9 Å². The highest BCUT2D eigenvalue weighted by atomic mass is 16.5. The third-order valence-corrected chi connectivity index (χ3v) is 7.47. The van der Waals surface area contributed by atoms with Crippen molar-refractivity contribution in [3.8, 4) is 5.75 Å². The van der Waals surface area contributed by atoms with Gasteiger partial charge in [0.1, 0.15) is 11.6 Å². The number of carbonyl (C=O) groups is 3. The van der Waals surface area contributed by atoms with Gasteiger partial charge in [-0.05, 0) is 31.7 Å². The predicted molar refractivity (Wildman–Crippen MR) is 143 cm³/mol. The number of rotatable bonds is 12. The number of benzene rings is 1. The van der Waals surface area contributed by atoms with Crippen molar-refractivity contribution in [1.82, 2.24) is 14.9 Å². The van der Waals surface area contributed by atoms with Crippen molar-refractivity contribution in [2.75, 3.05) is 20.8 Å². The molecular formula is C28H37N3O10. The predicted octanol–water partition coefficient (Wildman–Crippen LogP) is 1.44. The van der Waals surface area contributed by atoms with Gasteiger partial charge in [-0.15, -0.1) is 0 Å². The third-order valence-electron chi connectivity index (χ3n) is 7.47. The molecule has 2 unspecified atom stereocenters. The Labute approximate surface area is 237 Å². The van der Waals surface area contributed by atoms with E-state index in [1.165, 1.54) is 0 Å². The fourth-order valence-electron chi connectivity index (χ4n) is 5.53. The average molecular weight is 576 g/mol. The molecule has 2 atom stereocenters. The Morgan fingerprint density at radius 1 is 1.00 bits per heavy atom. The Bertz CT molecular complexity index is 1180. The van der Waals surface area contributed by atoms with E-state index in [-0.39, 0.29) is 0 Å². The zero-order chi connectivity index (χ0) is 30.2. The van der Waals surface area contributed by atoms with Gasteiger partial charge in [0.25, 0.3) is 0 Å². The molecule has 2 aliphatic rings. The van der Waals surface area contributed by atoms with E-state index >= 15 is 0 Å². The molecule has 5 N–H and O–H groups in total. The normalized spacial score (nSPS) is 22.0. The van der Waals surface area contributed by atoms with Crippen LogP contribution in [0, 0.1) is 0 Å². The van der Waals surface area contributed by atoms with Crippen molar-refractivity contribution in [3.63, 3.8) is 0 Å². The Kier molecular flexibility index (Phi) is 10.7. The molecule has 3 heterocycles. The standard InChI is InChI=1S/C22H29N3O3.C6H8O7/c1-27-10-9-21-23-13-16(14-24-21)15-25-17-7-8-18(25)12-22(26,11-17)19-5-3-4-6-20(19)28-2;7-3(8)1-6(13,5(11)12)2-4(9)10/h3-6,13-14,17-18,26H,7-12,15H2,1-2H3;13H,1-2H2,(H,7,8)(H,9,10)(H,11,12). The van der Waals surface area contributed by atoms with Crippen molar-refractivity contribution < 1.29 is 49.4 Å². The lowest BCUT2D eigenvalue weighted by Crippen LogP contribution is -2.49. The molecule has 2 bridgehead atoms. The van der Waals surface area contributed by atoms with Gasteiger partial charge < -0.3 is 35.0 Å². The molecule has 2 aliphatic heterocycles. The number of aromatic nitrogens is 2. The molecule has 2 fully saturated rings. The van der Waals surface area contributed by atoms with Gasteiger partial charge in [0.05, 0.1) is 32.2 Å². The monoisotopic (exact) mass is 575 g/mol. The minimum Gasteiger partial charge on any atom is -0.496 e. The summed E-state index contributed by atoms with van der Waals surface area (Å²) in [5.74, 6) is -3.43. The van der Waals surface area contributed by atoms with E-state index in [1.807, 2.05) is 36.7 Å². The molecule has 0 amide bonds. The fraction of sp³-hybridized carbons (Fsp3) is 0.536. The zero-order valence-electron chi connectivity index (χ0n) is 23.1. The maximum Gasteiger partial charge on any atom is 0.336 e. The summed E-state index contributed by atoms with van der Waals surface area (Å²) in [5.41, 5.74) is -1.52. The summed E-state index contributed by atoms with van der Waals surface area (Å²) < 4.78 is 10.6. The molecule has 4 rings (SSSR count). The lowest BCUT2D eigenvalue weighted by Gasteiger charge is -2.44. The Morgan fingerprint density at radius 3 is 2.05 bits per heavy atom. The molecule has 13 heteroatoms. The van der Waals surface area contributed by atoms with E-state index < -0.39 is 42.0 Å². The molecule has 1 aromatic carbocycles. The van der Waals surface area contributed by atoms with Crippen LogP contribution in [0.4, 0.5) is 0 Å². The van der Waals surface area contributed by atoms with Gasteiger partial charge in [-0.2, -0.15) is 0 Å². The smallest absolute Gasteiger partial charge is 0.336 e. The van der Waals surface area contributed by atoms with Crippen LogP contribution in [-0.2, 0) is 37.7 Å². The number of nitrogens with zero attached hydrogens (tertiary/aromatic N) is 3. The van der Waals surface area contributed by atoms with E-state index in [2.05, 4.69) is 14.9 Å². The topological polar surface area (TPSA) is 200 Å². The number of fused-ring (bicyclic) bond motifs is 2. The summed E-state index contributed by atoms with van der Waals surface area (Å²) >= 11 is 0. The maximum atomic E-state index is 11.5. The Morgan fingerprint density at radius 2 is 1.56 bits per heavy atom. The molecule has 0 saturated carbocycles. The fourth-order valence-corrected chi connectivity index (χ4v) is 5.53. The number of aliphatic carboxylic acids is 3. The number of hydrogen-bond acceptors (Lipinski definition) is 10. The summed E-state index contributed by atoms with van der Waals surface area (Å²) in [4.78, 5) is 41.9. The highest BCUT2D eigenvalue weighted by Crippen LogP contribution is 2.48. The molecule has 224 valence electrons. The number of aliphatic hydroxyl groups is 2. The van der Waals surface area contributed by atoms with Crippen LogP contribution in [0.15, 0.2) is 36.7 Å². The second kappa shape index (κ2) is 13.8. The lowest BCUT2D eigenvalue weighted by molar-refractivity contribution is -0.170. The van der Waals surface area contributed by atoms with Crippen molar-refractivity contribution in [1.29, 1.82) is 0 Å². The molecule has 0 aliphatic carbocycles. The summed E-state index contributed by atoms with van der Waals surface area (Å²) in [6.45, 7) is 1.47. The molecule has 2 aromatic rings. The van der Waals surface area contributed by atoms with Gasteiger partial charge in [-0.1, -0.05) is 18.2 Å². The van der Waals surface area contributed by atoms with Crippen molar-refractivity contribution in [2.24, 2.45) is 0 Å². The van der Waals surface area contributed by atoms with Crippen LogP contribution < -0.4 is 4.74 Å². The quantitative estimate of drug-likeness (QED) is 0.244. The van der Waals surface area contributed by atoms with Crippen LogP contribution in [0.5, 0.6) is 5.75 Å². The van der Waals surface area contributed by atoms with Gasteiger partial charge in [-0.3, -0.25) is 14.5 Å². The maximum absolute atomic E-state index is 11.5. The number of hydrogen-bond donors (Lipinski definition) is 5. The van der Waals surface area contributed by atoms with E-state index in [9.17, 15) is 19.5 Å². The number of methoxy groups -OCH3 is 2. The average Bonchev–Trinajstić information content (AvgIpc) is 3.16. The highest BCUT2D eigenvalue weighted by Gasteiger charge is 2.49. The van der Waals surface area contributed by atoms with Crippen molar-refractivity contribution >= 4 is 17.9 Å². The van der Waals surface area contributed by atoms with Gasteiger partial charge >= 0.3 is 17.9 Å². The molecule has 1 aromatic heterocycles. The first kappa shape index (κ1) is 31.9. The number of ether oxygens (including phenoxy) is 2. The van der Waals surface area contributed by atoms with Crippen LogP contribution in [0.2, 0.25) is 0 Å². The van der Waals surface area contributed by atoms with E-state index in [1.54, 1.807) is 14.2 Å². The first-order chi connectivity index (χ1) is 19.4. The second-order valence-electron chi connectivity index (χ2n) is 10.4. The SMILES string of the molecule is COCCc1ncc(CN2C3CCC2CC(O)(c2ccccc2OC)C3)cn1.O=C(O)CC(O)(CC(=O)O)C(=O)O. The minimum atomic E-state index is -2.74. The molecular weight excluding hydrogens is 538 g/mol.